The molecule has 0 aliphatic heterocycles. The molecule has 0 bridgehead atoms. The van der Waals surface area contributed by atoms with Crippen LogP contribution in [-0.4, -0.2) is 37.0 Å². The number of carbonyl (C=O) groups is 3. The summed E-state index contributed by atoms with van der Waals surface area (Å²) in [5.41, 5.74) is 1.17. The van der Waals surface area contributed by atoms with Crippen LogP contribution in [0.1, 0.15) is 18.1 Å². The number of hydrogen-bond donors (Lipinski definition) is 2. The lowest BCUT2D eigenvalue weighted by atomic mass is 9.92. The van der Waals surface area contributed by atoms with Gasteiger partial charge < -0.3 is 15.4 Å². The standard InChI is InChI=1S/C29H27FN2O4/c1-18(33)31-26(16-21-11-5-8-14-25(21)30)28(34)32-27(29(35)36-2)17-24-22-12-6-3-9-19(22)15-20-10-4-7-13-23(20)24/h3-15,26-27H,16-17H2,1-2H3,(H,31,33)(H,32,34)/t26-,27-/m0/s1. The molecular weight excluding hydrogens is 459 g/mol. The first-order valence-corrected chi connectivity index (χ1v) is 11.7. The number of fused-ring (bicyclic) bond motifs is 2. The largest absolute Gasteiger partial charge is 0.467 e. The minimum Gasteiger partial charge on any atom is -0.467 e. The fourth-order valence-corrected chi connectivity index (χ4v) is 4.48. The summed E-state index contributed by atoms with van der Waals surface area (Å²) in [6, 6.07) is 21.7. The molecule has 4 rings (SSSR count). The molecule has 6 nitrogen and oxygen atoms in total. The lowest BCUT2D eigenvalue weighted by Gasteiger charge is -2.23. The second-order valence-corrected chi connectivity index (χ2v) is 8.63. The van der Waals surface area contributed by atoms with E-state index in [0.717, 1.165) is 27.1 Å². The summed E-state index contributed by atoms with van der Waals surface area (Å²) in [4.78, 5) is 37.9. The van der Waals surface area contributed by atoms with Gasteiger partial charge in [0.25, 0.3) is 0 Å². The van der Waals surface area contributed by atoms with Crippen LogP contribution >= 0.6 is 0 Å². The van der Waals surface area contributed by atoms with E-state index in [2.05, 4.69) is 16.7 Å². The predicted octanol–water partition coefficient (Wildman–Crippen LogP) is 4.08. The van der Waals surface area contributed by atoms with Crippen LogP contribution in [0.4, 0.5) is 4.39 Å². The molecule has 4 aromatic rings. The number of carbonyl (C=O) groups excluding carboxylic acids is 3. The van der Waals surface area contributed by atoms with Gasteiger partial charge in [-0.2, -0.15) is 0 Å². The van der Waals surface area contributed by atoms with Crippen molar-refractivity contribution < 1.29 is 23.5 Å². The Morgan fingerprint density at radius 2 is 1.39 bits per heavy atom. The average Bonchev–Trinajstić information content (AvgIpc) is 2.88. The SMILES string of the molecule is COC(=O)[C@H](Cc1c2ccccc2cc2ccccc12)NC(=O)[C@H](Cc1ccccc1F)NC(C)=O. The highest BCUT2D eigenvalue weighted by Crippen LogP contribution is 2.29. The predicted molar refractivity (Wildman–Crippen MR) is 137 cm³/mol. The van der Waals surface area contributed by atoms with Crippen molar-refractivity contribution in [1.82, 2.24) is 10.6 Å². The summed E-state index contributed by atoms with van der Waals surface area (Å²) in [5, 5.41) is 9.26. The lowest BCUT2D eigenvalue weighted by Crippen LogP contribution is -2.53. The smallest absolute Gasteiger partial charge is 0.328 e. The van der Waals surface area contributed by atoms with E-state index in [4.69, 9.17) is 4.74 Å². The third kappa shape index (κ3) is 5.51. The number of hydrogen-bond acceptors (Lipinski definition) is 4. The van der Waals surface area contributed by atoms with E-state index in [1.54, 1.807) is 18.2 Å². The average molecular weight is 487 g/mol. The highest BCUT2D eigenvalue weighted by atomic mass is 19.1. The Kier molecular flexibility index (Phi) is 7.59. The number of methoxy groups -OCH3 is 1. The Hall–Kier alpha value is -4.26. The summed E-state index contributed by atoms with van der Waals surface area (Å²) in [7, 11) is 1.26. The molecule has 0 heterocycles. The van der Waals surface area contributed by atoms with Gasteiger partial charge in [-0.3, -0.25) is 9.59 Å². The molecule has 0 spiro atoms. The molecule has 0 saturated carbocycles. The number of benzene rings is 4. The number of rotatable bonds is 8. The molecule has 0 aromatic heterocycles. The highest BCUT2D eigenvalue weighted by Gasteiger charge is 2.29. The first kappa shape index (κ1) is 24.9. The molecule has 184 valence electrons. The van der Waals surface area contributed by atoms with E-state index < -0.39 is 35.7 Å². The Bertz CT molecular complexity index is 1380. The zero-order valence-electron chi connectivity index (χ0n) is 20.1. The summed E-state index contributed by atoms with van der Waals surface area (Å²) in [5.74, 6) is -2.14. The van der Waals surface area contributed by atoms with Gasteiger partial charge in [0, 0.05) is 19.8 Å². The normalized spacial score (nSPS) is 12.6. The minimum atomic E-state index is -1.07. The van der Waals surface area contributed by atoms with Crippen molar-refractivity contribution in [2.24, 2.45) is 0 Å². The van der Waals surface area contributed by atoms with Crippen LogP contribution in [0, 0.1) is 5.82 Å². The Balaban J connectivity index is 1.68. The third-order valence-corrected chi connectivity index (χ3v) is 6.17. The first-order chi connectivity index (χ1) is 17.4. The van der Waals surface area contributed by atoms with Gasteiger partial charge in [-0.05, 0) is 44.8 Å². The van der Waals surface area contributed by atoms with Crippen LogP contribution < -0.4 is 10.6 Å². The van der Waals surface area contributed by atoms with Gasteiger partial charge >= 0.3 is 5.97 Å². The van der Waals surface area contributed by atoms with Crippen LogP contribution in [0.2, 0.25) is 0 Å². The van der Waals surface area contributed by atoms with Gasteiger partial charge in [0.15, 0.2) is 0 Å². The molecule has 0 aliphatic rings. The minimum absolute atomic E-state index is 0.0663. The van der Waals surface area contributed by atoms with Crippen LogP contribution in [0.15, 0.2) is 78.9 Å². The summed E-state index contributed by atoms with van der Waals surface area (Å²) in [6.45, 7) is 1.28. The maximum atomic E-state index is 14.3. The second-order valence-electron chi connectivity index (χ2n) is 8.63. The van der Waals surface area contributed by atoms with Crippen molar-refractivity contribution in [3.63, 3.8) is 0 Å². The fourth-order valence-electron chi connectivity index (χ4n) is 4.48. The monoisotopic (exact) mass is 486 g/mol. The maximum absolute atomic E-state index is 14.3. The molecule has 4 aromatic carbocycles. The summed E-state index contributed by atoms with van der Waals surface area (Å²) < 4.78 is 19.3. The van der Waals surface area contributed by atoms with Gasteiger partial charge in [-0.1, -0.05) is 66.7 Å². The van der Waals surface area contributed by atoms with Gasteiger partial charge in [0.05, 0.1) is 7.11 Å². The molecule has 0 fully saturated rings. The Morgan fingerprint density at radius 3 is 1.97 bits per heavy atom. The van der Waals surface area contributed by atoms with Crippen LogP contribution in [-0.2, 0) is 32.0 Å². The van der Waals surface area contributed by atoms with E-state index in [0.29, 0.717) is 0 Å². The van der Waals surface area contributed by atoms with E-state index in [1.807, 2.05) is 48.5 Å². The Morgan fingerprint density at radius 1 is 0.806 bits per heavy atom. The van der Waals surface area contributed by atoms with E-state index in [9.17, 15) is 18.8 Å². The maximum Gasteiger partial charge on any atom is 0.328 e. The molecule has 2 atom stereocenters. The van der Waals surface area contributed by atoms with E-state index in [1.165, 1.54) is 20.1 Å². The van der Waals surface area contributed by atoms with Crippen molar-refractivity contribution >= 4 is 39.3 Å². The van der Waals surface area contributed by atoms with Gasteiger partial charge in [-0.25, -0.2) is 9.18 Å². The van der Waals surface area contributed by atoms with E-state index in [-0.39, 0.29) is 18.4 Å². The quantitative estimate of drug-likeness (QED) is 0.290. The molecule has 7 heteroatoms. The van der Waals surface area contributed by atoms with Crippen molar-refractivity contribution in [3.05, 3.63) is 95.8 Å². The molecule has 0 aliphatic carbocycles. The van der Waals surface area contributed by atoms with Crippen molar-refractivity contribution in [2.75, 3.05) is 7.11 Å². The second kappa shape index (κ2) is 11.0. The molecular formula is C29H27FN2O4. The van der Waals surface area contributed by atoms with Crippen molar-refractivity contribution in [3.8, 4) is 0 Å². The first-order valence-electron chi connectivity index (χ1n) is 11.7. The summed E-state index contributed by atoms with van der Waals surface area (Å²) in [6.07, 6.45) is 0.107. The van der Waals surface area contributed by atoms with E-state index >= 15 is 0 Å². The topological polar surface area (TPSA) is 84.5 Å². The highest BCUT2D eigenvalue weighted by molar-refractivity contribution is 6.03. The molecule has 0 unspecified atom stereocenters. The van der Waals surface area contributed by atoms with Gasteiger partial charge in [0.2, 0.25) is 11.8 Å². The lowest BCUT2D eigenvalue weighted by molar-refractivity contribution is -0.145. The van der Waals surface area contributed by atoms with Crippen LogP contribution in [0.25, 0.3) is 21.5 Å². The van der Waals surface area contributed by atoms with Crippen molar-refractivity contribution in [2.45, 2.75) is 31.8 Å². The number of esters is 1. The zero-order valence-corrected chi connectivity index (χ0v) is 20.1. The molecule has 0 saturated heterocycles. The molecule has 2 amide bonds. The van der Waals surface area contributed by atoms with Gasteiger partial charge in [0.1, 0.15) is 17.9 Å². The van der Waals surface area contributed by atoms with Gasteiger partial charge in [-0.15, -0.1) is 0 Å². The third-order valence-electron chi connectivity index (χ3n) is 6.17. The Labute approximate surface area is 208 Å². The van der Waals surface area contributed by atoms with Crippen molar-refractivity contribution in [1.29, 1.82) is 0 Å². The number of halogens is 1. The number of nitrogens with one attached hydrogen (secondary N) is 2. The fraction of sp³-hybridized carbons (Fsp3) is 0.207. The molecule has 0 radical (unpaired) electrons. The summed E-state index contributed by atoms with van der Waals surface area (Å²) >= 11 is 0. The number of amides is 2. The zero-order chi connectivity index (χ0) is 25.7. The number of ether oxygens (including phenoxy) is 1. The van der Waals surface area contributed by atoms with Crippen LogP contribution in [0.3, 0.4) is 0 Å². The molecule has 2 N–H and O–H groups in total. The molecule has 36 heavy (non-hydrogen) atoms. The van der Waals surface area contributed by atoms with Crippen LogP contribution in [0.5, 0.6) is 0 Å².